The Hall–Kier alpha value is -2.93. The quantitative estimate of drug-likeness (QED) is 0.348. The summed E-state index contributed by atoms with van der Waals surface area (Å²) >= 11 is 5.89. The molecule has 1 aromatic carbocycles. The molecule has 1 aromatic heterocycles. The third-order valence-electron chi connectivity index (χ3n) is 3.15. The summed E-state index contributed by atoms with van der Waals surface area (Å²) in [5.41, 5.74) is 1.22. The summed E-state index contributed by atoms with van der Waals surface area (Å²) in [7, 11) is 0. The number of nitro groups is 1. The van der Waals surface area contributed by atoms with Gasteiger partial charge in [-0.1, -0.05) is 54.1 Å². The summed E-state index contributed by atoms with van der Waals surface area (Å²) in [4.78, 5) is 25.5. The Labute approximate surface area is 149 Å². The fraction of sp³-hybridized carbons (Fsp3) is 0.176. The number of nitrogens with zero attached hydrogens (tertiary/aromatic N) is 2. The fourth-order valence-corrected chi connectivity index (χ4v) is 2.08. The van der Waals surface area contributed by atoms with Crippen LogP contribution in [0.25, 0.3) is 6.08 Å². The van der Waals surface area contributed by atoms with Gasteiger partial charge in [0.05, 0.1) is 4.92 Å². The monoisotopic (exact) mass is 361 g/mol. The SMILES string of the molecule is O=C(NCCC=Cc1cc([N+](=O)[O-])cnc1Cl)OCc1ccccc1. The van der Waals surface area contributed by atoms with Crippen molar-refractivity contribution < 1.29 is 14.5 Å². The van der Waals surface area contributed by atoms with E-state index < -0.39 is 11.0 Å². The maximum atomic E-state index is 11.6. The molecule has 1 heterocycles. The van der Waals surface area contributed by atoms with Crippen LogP contribution in [0.3, 0.4) is 0 Å². The van der Waals surface area contributed by atoms with Crippen LogP contribution in [-0.4, -0.2) is 22.5 Å². The molecule has 0 aliphatic heterocycles. The van der Waals surface area contributed by atoms with Gasteiger partial charge in [-0.25, -0.2) is 9.78 Å². The molecule has 130 valence electrons. The average Bonchev–Trinajstić information content (AvgIpc) is 2.61. The number of benzene rings is 1. The van der Waals surface area contributed by atoms with E-state index in [2.05, 4.69) is 10.3 Å². The first-order valence-corrected chi connectivity index (χ1v) is 7.85. The Bertz CT molecular complexity index is 766. The minimum absolute atomic E-state index is 0.133. The predicted molar refractivity (Wildman–Crippen MR) is 94.2 cm³/mol. The largest absolute Gasteiger partial charge is 0.445 e. The smallest absolute Gasteiger partial charge is 0.407 e. The van der Waals surface area contributed by atoms with Gasteiger partial charge in [-0.15, -0.1) is 0 Å². The number of ether oxygens (including phenoxy) is 1. The number of hydrogen-bond donors (Lipinski definition) is 1. The number of hydrogen-bond acceptors (Lipinski definition) is 5. The number of amides is 1. The first-order chi connectivity index (χ1) is 12.1. The molecular weight excluding hydrogens is 346 g/mol. The standard InChI is InChI=1S/C17H16ClN3O4/c18-16-14(10-15(11-20-16)21(23)24)8-4-5-9-19-17(22)25-12-13-6-2-1-3-7-13/h1-4,6-8,10-11H,5,9,12H2,(H,19,22). The second-order valence-electron chi connectivity index (χ2n) is 5.01. The van der Waals surface area contributed by atoms with E-state index in [0.717, 1.165) is 11.8 Å². The lowest BCUT2D eigenvalue weighted by Crippen LogP contribution is -2.24. The Kier molecular flexibility index (Phi) is 6.91. The van der Waals surface area contributed by atoms with Gasteiger partial charge in [-0.05, 0) is 12.0 Å². The predicted octanol–water partition coefficient (Wildman–Crippen LogP) is 3.97. The summed E-state index contributed by atoms with van der Waals surface area (Å²) in [6.45, 7) is 0.571. The average molecular weight is 362 g/mol. The minimum atomic E-state index is -0.537. The number of nitrogens with one attached hydrogen (secondary N) is 1. The molecule has 0 saturated carbocycles. The molecule has 1 N–H and O–H groups in total. The van der Waals surface area contributed by atoms with Crippen LogP contribution in [0.1, 0.15) is 17.5 Å². The van der Waals surface area contributed by atoms with Gasteiger partial charge in [-0.2, -0.15) is 0 Å². The summed E-state index contributed by atoms with van der Waals surface area (Å²) in [5, 5.41) is 13.5. The van der Waals surface area contributed by atoms with Gasteiger partial charge in [-0.3, -0.25) is 10.1 Å². The lowest BCUT2D eigenvalue weighted by atomic mass is 10.2. The number of pyridine rings is 1. The number of rotatable bonds is 7. The molecule has 0 bridgehead atoms. The highest BCUT2D eigenvalue weighted by molar-refractivity contribution is 6.30. The highest BCUT2D eigenvalue weighted by Gasteiger charge is 2.09. The molecule has 2 rings (SSSR count). The topological polar surface area (TPSA) is 94.4 Å². The summed E-state index contributed by atoms with van der Waals surface area (Å²) in [6, 6.07) is 10.7. The van der Waals surface area contributed by atoms with Gasteiger partial charge in [0.1, 0.15) is 18.0 Å². The third-order valence-corrected chi connectivity index (χ3v) is 3.47. The molecule has 0 aliphatic carbocycles. The number of halogens is 1. The van der Waals surface area contributed by atoms with Gasteiger partial charge in [0.25, 0.3) is 5.69 Å². The molecular formula is C17H16ClN3O4. The van der Waals surface area contributed by atoms with Gasteiger partial charge < -0.3 is 10.1 Å². The zero-order valence-electron chi connectivity index (χ0n) is 13.2. The summed E-state index contributed by atoms with van der Waals surface area (Å²) < 4.78 is 5.07. The zero-order chi connectivity index (χ0) is 18.1. The number of carbonyl (C=O) groups excluding carboxylic acids is 1. The van der Waals surface area contributed by atoms with Crippen LogP contribution in [0.5, 0.6) is 0 Å². The highest BCUT2D eigenvalue weighted by Crippen LogP contribution is 2.20. The Morgan fingerprint density at radius 1 is 1.36 bits per heavy atom. The van der Waals surface area contributed by atoms with E-state index in [1.54, 1.807) is 12.2 Å². The first kappa shape index (κ1) is 18.4. The van der Waals surface area contributed by atoms with Crippen molar-refractivity contribution in [1.29, 1.82) is 0 Å². The minimum Gasteiger partial charge on any atom is -0.445 e. The molecule has 0 atom stereocenters. The molecule has 2 aromatic rings. The van der Waals surface area contributed by atoms with Gasteiger partial charge in [0.2, 0.25) is 0 Å². The Morgan fingerprint density at radius 2 is 2.12 bits per heavy atom. The van der Waals surface area contributed by atoms with Crippen molar-refractivity contribution in [3.8, 4) is 0 Å². The first-order valence-electron chi connectivity index (χ1n) is 7.47. The Balaban J connectivity index is 1.73. The van der Waals surface area contributed by atoms with Crippen LogP contribution < -0.4 is 5.32 Å². The van der Waals surface area contributed by atoms with Crippen LogP contribution in [0.2, 0.25) is 5.15 Å². The molecule has 0 unspecified atom stereocenters. The maximum absolute atomic E-state index is 11.6. The van der Waals surface area contributed by atoms with Gasteiger partial charge >= 0.3 is 6.09 Å². The summed E-state index contributed by atoms with van der Waals surface area (Å²) in [5.74, 6) is 0. The molecule has 0 saturated heterocycles. The van der Waals surface area contributed by atoms with Crippen molar-refractivity contribution in [1.82, 2.24) is 10.3 Å². The lowest BCUT2D eigenvalue weighted by molar-refractivity contribution is -0.385. The van der Waals surface area contributed by atoms with Gasteiger partial charge in [0, 0.05) is 18.2 Å². The Morgan fingerprint density at radius 3 is 2.84 bits per heavy atom. The molecule has 8 heteroatoms. The molecule has 0 spiro atoms. The third kappa shape index (κ3) is 6.23. The molecule has 25 heavy (non-hydrogen) atoms. The lowest BCUT2D eigenvalue weighted by Gasteiger charge is -2.05. The van der Waals surface area contributed by atoms with E-state index >= 15 is 0 Å². The van der Waals surface area contributed by atoms with Gasteiger partial charge in [0.15, 0.2) is 0 Å². The normalized spacial score (nSPS) is 10.6. The molecule has 0 radical (unpaired) electrons. The number of aromatic nitrogens is 1. The fourth-order valence-electron chi connectivity index (χ4n) is 1.91. The van der Waals surface area contributed by atoms with E-state index in [1.165, 1.54) is 6.07 Å². The van der Waals surface area contributed by atoms with E-state index in [4.69, 9.17) is 16.3 Å². The van der Waals surface area contributed by atoms with Crippen molar-refractivity contribution in [2.45, 2.75) is 13.0 Å². The summed E-state index contributed by atoms with van der Waals surface area (Å²) in [6.07, 6.45) is 4.47. The van der Waals surface area contributed by atoms with E-state index in [1.807, 2.05) is 30.3 Å². The molecule has 7 nitrogen and oxygen atoms in total. The molecule has 0 aliphatic rings. The van der Waals surface area contributed by atoms with Crippen LogP contribution in [0, 0.1) is 10.1 Å². The van der Waals surface area contributed by atoms with Crippen LogP contribution >= 0.6 is 11.6 Å². The van der Waals surface area contributed by atoms with Crippen molar-refractivity contribution >= 4 is 29.5 Å². The van der Waals surface area contributed by atoms with Crippen LogP contribution in [0.15, 0.2) is 48.7 Å². The zero-order valence-corrected chi connectivity index (χ0v) is 14.0. The van der Waals surface area contributed by atoms with Crippen LogP contribution in [0.4, 0.5) is 10.5 Å². The van der Waals surface area contributed by atoms with E-state index in [9.17, 15) is 14.9 Å². The van der Waals surface area contributed by atoms with E-state index in [0.29, 0.717) is 18.5 Å². The highest BCUT2D eigenvalue weighted by atomic mass is 35.5. The van der Waals surface area contributed by atoms with Crippen molar-refractivity contribution in [2.75, 3.05) is 6.54 Å². The molecule has 1 amide bonds. The van der Waals surface area contributed by atoms with Crippen molar-refractivity contribution in [2.24, 2.45) is 0 Å². The number of carbonyl (C=O) groups is 1. The second kappa shape index (κ2) is 9.39. The van der Waals surface area contributed by atoms with Crippen molar-refractivity contribution in [3.05, 3.63) is 75.1 Å². The van der Waals surface area contributed by atoms with Crippen LogP contribution in [-0.2, 0) is 11.3 Å². The second-order valence-corrected chi connectivity index (χ2v) is 5.37. The maximum Gasteiger partial charge on any atom is 0.407 e. The molecule has 0 fully saturated rings. The number of alkyl carbamates (subject to hydrolysis) is 1. The van der Waals surface area contributed by atoms with E-state index in [-0.39, 0.29) is 17.4 Å². The van der Waals surface area contributed by atoms with Crippen molar-refractivity contribution in [3.63, 3.8) is 0 Å².